The van der Waals surface area contributed by atoms with Crippen molar-refractivity contribution in [1.82, 2.24) is 5.32 Å². The lowest BCUT2D eigenvalue weighted by Crippen LogP contribution is -2.26. The van der Waals surface area contributed by atoms with Crippen LogP contribution in [-0.2, 0) is 6.54 Å². The van der Waals surface area contributed by atoms with Crippen molar-refractivity contribution in [2.75, 3.05) is 0 Å². The fourth-order valence-corrected chi connectivity index (χ4v) is 1.72. The van der Waals surface area contributed by atoms with Gasteiger partial charge in [0.15, 0.2) is 0 Å². The third-order valence-corrected chi connectivity index (χ3v) is 2.60. The molecule has 1 N–H and O–H groups in total. The Balaban J connectivity index is 1.95. The summed E-state index contributed by atoms with van der Waals surface area (Å²) in [6.45, 7) is 0.385. The van der Waals surface area contributed by atoms with E-state index in [0.29, 0.717) is 18.2 Å². The highest BCUT2D eigenvalue weighted by molar-refractivity contribution is 5.18. The van der Waals surface area contributed by atoms with Gasteiger partial charge in [-0.3, -0.25) is 0 Å². The second-order valence-electron chi connectivity index (χ2n) is 3.76. The molecule has 2 rings (SSSR count). The van der Waals surface area contributed by atoms with Crippen LogP contribution in [-0.4, -0.2) is 6.04 Å². The summed E-state index contributed by atoms with van der Waals surface area (Å²) < 4.78 is 26.1. The zero-order chi connectivity index (χ0) is 10.7. The van der Waals surface area contributed by atoms with Crippen molar-refractivity contribution in [3.05, 3.63) is 47.5 Å². The molecule has 0 saturated carbocycles. The molecule has 0 atom stereocenters. The van der Waals surface area contributed by atoms with E-state index in [-0.39, 0.29) is 5.82 Å². The number of hydrogen-bond acceptors (Lipinski definition) is 1. The molecule has 3 heteroatoms. The number of halogens is 2. The molecule has 0 spiro atoms. The van der Waals surface area contributed by atoms with Gasteiger partial charge in [-0.2, -0.15) is 0 Å². The molecule has 0 saturated heterocycles. The zero-order valence-electron chi connectivity index (χ0n) is 8.34. The SMILES string of the molecule is Fc1ccc(F)c(CNC2CC=CC2)c1. The molecule has 1 aromatic carbocycles. The molecule has 0 heterocycles. The lowest BCUT2D eigenvalue weighted by atomic mass is 10.1. The standard InChI is InChI=1S/C12H13F2N/c13-10-5-6-12(14)9(7-10)8-15-11-3-1-2-4-11/h1-2,5-7,11,15H,3-4,8H2. The first kappa shape index (κ1) is 10.3. The van der Waals surface area contributed by atoms with Crippen molar-refractivity contribution in [2.45, 2.75) is 25.4 Å². The summed E-state index contributed by atoms with van der Waals surface area (Å²) in [5.41, 5.74) is 0.391. The van der Waals surface area contributed by atoms with E-state index in [9.17, 15) is 8.78 Å². The predicted molar refractivity (Wildman–Crippen MR) is 55.4 cm³/mol. The summed E-state index contributed by atoms with van der Waals surface area (Å²) in [6.07, 6.45) is 6.13. The molecule has 0 bridgehead atoms. The molecule has 1 aliphatic carbocycles. The van der Waals surface area contributed by atoms with E-state index in [1.165, 1.54) is 12.1 Å². The molecule has 1 nitrogen and oxygen atoms in total. The lowest BCUT2D eigenvalue weighted by molar-refractivity contribution is 0.515. The average molecular weight is 209 g/mol. The summed E-state index contributed by atoms with van der Waals surface area (Å²) in [4.78, 5) is 0. The van der Waals surface area contributed by atoms with Gasteiger partial charge < -0.3 is 5.32 Å². The smallest absolute Gasteiger partial charge is 0.127 e. The molecule has 0 fully saturated rings. The summed E-state index contributed by atoms with van der Waals surface area (Å²) >= 11 is 0. The van der Waals surface area contributed by atoms with Crippen LogP contribution in [0.15, 0.2) is 30.4 Å². The van der Waals surface area contributed by atoms with Crippen molar-refractivity contribution in [3.63, 3.8) is 0 Å². The van der Waals surface area contributed by atoms with Gasteiger partial charge in [-0.1, -0.05) is 12.2 Å². The van der Waals surface area contributed by atoms with Crippen LogP contribution in [0.4, 0.5) is 8.78 Å². The molecule has 0 aromatic heterocycles. The maximum atomic E-state index is 13.2. The summed E-state index contributed by atoms with van der Waals surface area (Å²) in [5, 5.41) is 3.20. The Labute approximate surface area is 87.8 Å². The van der Waals surface area contributed by atoms with Crippen molar-refractivity contribution in [3.8, 4) is 0 Å². The maximum Gasteiger partial charge on any atom is 0.127 e. The largest absolute Gasteiger partial charge is 0.309 e. The zero-order valence-corrected chi connectivity index (χ0v) is 8.34. The van der Waals surface area contributed by atoms with Gasteiger partial charge in [0.05, 0.1) is 0 Å². The van der Waals surface area contributed by atoms with Crippen LogP contribution in [0.25, 0.3) is 0 Å². The first-order valence-corrected chi connectivity index (χ1v) is 5.08. The van der Waals surface area contributed by atoms with Crippen LogP contribution >= 0.6 is 0 Å². The third kappa shape index (κ3) is 2.63. The van der Waals surface area contributed by atoms with E-state index in [1.807, 2.05) is 0 Å². The highest BCUT2D eigenvalue weighted by Gasteiger charge is 2.10. The fraction of sp³-hybridized carbons (Fsp3) is 0.333. The van der Waals surface area contributed by atoms with Crippen LogP contribution in [0.2, 0.25) is 0 Å². The molecular formula is C12H13F2N. The summed E-state index contributed by atoms with van der Waals surface area (Å²) in [5.74, 6) is -0.743. The van der Waals surface area contributed by atoms with Crippen LogP contribution < -0.4 is 5.32 Å². The van der Waals surface area contributed by atoms with Crippen LogP contribution in [0.5, 0.6) is 0 Å². The van der Waals surface area contributed by atoms with Gasteiger partial charge >= 0.3 is 0 Å². The predicted octanol–water partition coefficient (Wildman–Crippen LogP) is 2.77. The molecule has 1 aromatic rings. The minimum absolute atomic E-state index is 0.352. The third-order valence-electron chi connectivity index (χ3n) is 2.60. The van der Waals surface area contributed by atoms with Gasteiger partial charge in [-0.05, 0) is 31.0 Å². The van der Waals surface area contributed by atoms with E-state index in [2.05, 4.69) is 17.5 Å². The highest BCUT2D eigenvalue weighted by atomic mass is 19.1. The quantitative estimate of drug-likeness (QED) is 0.755. The Morgan fingerprint density at radius 1 is 1.20 bits per heavy atom. The van der Waals surface area contributed by atoms with Crippen LogP contribution in [0.1, 0.15) is 18.4 Å². The van der Waals surface area contributed by atoms with Crippen LogP contribution in [0, 0.1) is 11.6 Å². The molecule has 0 amide bonds. The van der Waals surface area contributed by atoms with Crippen LogP contribution in [0.3, 0.4) is 0 Å². The molecule has 0 radical (unpaired) electrons. The number of benzene rings is 1. The monoisotopic (exact) mass is 209 g/mol. The Morgan fingerprint density at radius 3 is 2.67 bits per heavy atom. The molecule has 0 unspecified atom stereocenters. The van der Waals surface area contributed by atoms with E-state index < -0.39 is 5.82 Å². The molecule has 1 aliphatic rings. The Bertz CT molecular complexity index is 366. The van der Waals surface area contributed by atoms with Gasteiger partial charge in [-0.25, -0.2) is 8.78 Å². The van der Waals surface area contributed by atoms with Crippen molar-refractivity contribution < 1.29 is 8.78 Å². The molecule has 0 aliphatic heterocycles. The number of hydrogen-bond donors (Lipinski definition) is 1. The Kier molecular flexibility index (Phi) is 3.11. The van der Waals surface area contributed by atoms with Gasteiger partial charge in [-0.15, -0.1) is 0 Å². The fourth-order valence-electron chi connectivity index (χ4n) is 1.72. The average Bonchev–Trinajstić information content (AvgIpc) is 2.72. The maximum absolute atomic E-state index is 13.2. The minimum atomic E-state index is -0.391. The van der Waals surface area contributed by atoms with Gasteiger partial charge in [0.1, 0.15) is 11.6 Å². The van der Waals surface area contributed by atoms with Crippen molar-refractivity contribution >= 4 is 0 Å². The number of nitrogens with one attached hydrogen (secondary N) is 1. The second-order valence-corrected chi connectivity index (χ2v) is 3.76. The van der Waals surface area contributed by atoms with Gasteiger partial charge in [0, 0.05) is 18.2 Å². The lowest BCUT2D eigenvalue weighted by Gasteiger charge is -2.12. The molecule has 80 valence electrons. The molecular weight excluding hydrogens is 196 g/mol. The second kappa shape index (κ2) is 4.53. The molecule has 15 heavy (non-hydrogen) atoms. The first-order chi connectivity index (χ1) is 7.25. The highest BCUT2D eigenvalue weighted by Crippen LogP contribution is 2.13. The first-order valence-electron chi connectivity index (χ1n) is 5.08. The normalized spacial score (nSPS) is 16.1. The Hall–Kier alpha value is -1.22. The summed E-state index contributed by atoms with van der Waals surface area (Å²) in [6, 6.07) is 3.91. The Morgan fingerprint density at radius 2 is 1.93 bits per heavy atom. The number of rotatable bonds is 3. The van der Waals surface area contributed by atoms with Gasteiger partial charge in [0.25, 0.3) is 0 Å². The topological polar surface area (TPSA) is 12.0 Å². The van der Waals surface area contributed by atoms with Gasteiger partial charge in [0.2, 0.25) is 0 Å². The minimum Gasteiger partial charge on any atom is -0.309 e. The van der Waals surface area contributed by atoms with Crippen molar-refractivity contribution in [2.24, 2.45) is 0 Å². The summed E-state index contributed by atoms with van der Waals surface area (Å²) in [7, 11) is 0. The van der Waals surface area contributed by atoms with E-state index in [4.69, 9.17) is 0 Å². The van der Waals surface area contributed by atoms with E-state index >= 15 is 0 Å². The van der Waals surface area contributed by atoms with Crippen molar-refractivity contribution in [1.29, 1.82) is 0 Å². The van der Waals surface area contributed by atoms with E-state index in [1.54, 1.807) is 0 Å². The van der Waals surface area contributed by atoms with E-state index in [0.717, 1.165) is 18.9 Å².